The van der Waals surface area contributed by atoms with Crippen molar-refractivity contribution < 1.29 is 14.3 Å². The maximum atomic E-state index is 12.0. The molecule has 2 bridgehead atoms. The number of piperidine rings is 1. The third kappa shape index (κ3) is 5.87. The van der Waals surface area contributed by atoms with Crippen LogP contribution in [-0.2, 0) is 4.79 Å². The van der Waals surface area contributed by atoms with Gasteiger partial charge < -0.3 is 34.8 Å². The standard InChI is InChI=1S/C33H40N6O3/c1-5-32(40)35-28-20-26(10-6-22(28)2)42-33-29(39-21-23-7-8-25(39)18-23)12-13-31(36-33)34-27-11-9-24(19-30(27)41-4)38-16-14-37(3)15-17-38/h5-6,9-13,19-20,23,25H,1,7-8,14-18,21H2,2-4H3,(H,34,36)(H,35,40). The number of aromatic nitrogens is 1. The summed E-state index contributed by atoms with van der Waals surface area (Å²) >= 11 is 0. The van der Waals surface area contributed by atoms with E-state index in [2.05, 4.69) is 63.2 Å². The van der Waals surface area contributed by atoms with Gasteiger partial charge >= 0.3 is 0 Å². The van der Waals surface area contributed by atoms with Gasteiger partial charge in [-0.05, 0) is 81.1 Å². The number of pyridine rings is 1. The highest BCUT2D eigenvalue weighted by atomic mass is 16.5. The molecule has 3 heterocycles. The maximum absolute atomic E-state index is 12.0. The van der Waals surface area contributed by atoms with E-state index in [1.54, 1.807) is 7.11 Å². The van der Waals surface area contributed by atoms with Crippen LogP contribution in [0, 0.1) is 12.8 Å². The van der Waals surface area contributed by atoms with E-state index in [-0.39, 0.29) is 5.91 Å². The summed E-state index contributed by atoms with van der Waals surface area (Å²) in [5, 5.41) is 6.33. The number of carbonyl (C=O) groups excluding carboxylic acids is 1. The fraction of sp³-hybridized carbons (Fsp3) is 0.394. The number of methoxy groups -OCH3 is 1. The molecular formula is C33H40N6O3. The van der Waals surface area contributed by atoms with E-state index in [0.717, 1.165) is 67.0 Å². The molecule has 3 fully saturated rings. The number of aryl methyl sites for hydroxylation is 1. The molecule has 2 aliphatic heterocycles. The molecule has 220 valence electrons. The number of ether oxygens (including phenoxy) is 2. The number of piperazine rings is 1. The zero-order chi connectivity index (χ0) is 29.2. The van der Waals surface area contributed by atoms with Crippen LogP contribution >= 0.6 is 0 Å². The molecule has 2 unspecified atom stereocenters. The van der Waals surface area contributed by atoms with E-state index >= 15 is 0 Å². The monoisotopic (exact) mass is 568 g/mol. The first-order valence-electron chi connectivity index (χ1n) is 14.8. The molecule has 0 radical (unpaired) electrons. The molecule has 1 aliphatic carbocycles. The SMILES string of the molecule is C=CC(=O)Nc1cc(Oc2nc(Nc3ccc(N4CCN(C)CC4)cc3OC)ccc2N2CC3CCC2C3)ccc1C. The lowest BCUT2D eigenvalue weighted by molar-refractivity contribution is -0.111. The van der Waals surface area contributed by atoms with E-state index in [1.807, 2.05) is 31.2 Å². The molecule has 2 atom stereocenters. The second-order valence-electron chi connectivity index (χ2n) is 11.6. The quantitative estimate of drug-likeness (QED) is 0.314. The predicted octanol–water partition coefficient (Wildman–Crippen LogP) is 5.80. The van der Waals surface area contributed by atoms with Crippen LogP contribution < -0.4 is 29.9 Å². The summed E-state index contributed by atoms with van der Waals surface area (Å²) < 4.78 is 12.3. The third-order valence-electron chi connectivity index (χ3n) is 8.74. The average Bonchev–Trinajstić information content (AvgIpc) is 3.64. The molecule has 2 aromatic carbocycles. The smallest absolute Gasteiger partial charge is 0.247 e. The van der Waals surface area contributed by atoms with Crippen molar-refractivity contribution in [2.45, 2.75) is 32.2 Å². The Labute approximate surface area is 248 Å². The lowest BCUT2D eigenvalue weighted by Gasteiger charge is -2.34. The summed E-state index contributed by atoms with van der Waals surface area (Å²) in [6.45, 7) is 10.6. The summed E-state index contributed by atoms with van der Waals surface area (Å²) in [7, 11) is 3.86. The van der Waals surface area contributed by atoms with E-state index in [9.17, 15) is 4.79 Å². The highest BCUT2D eigenvalue weighted by molar-refractivity contribution is 5.99. The van der Waals surface area contributed by atoms with Gasteiger partial charge in [0.15, 0.2) is 0 Å². The van der Waals surface area contributed by atoms with Gasteiger partial charge in [-0.2, -0.15) is 4.98 Å². The van der Waals surface area contributed by atoms with Crippen molar-refractivity contribution in [3.05, 3.63) is 66.7 Å². The lowest BCUT2D eigenvalue weighted by Crippen LogP contribution is -2.44. The van der Waals surface area contributed by atoms with Crippen LogP contribution in [0.4, 0.5) is 28.6 Å². The van der Waals surface area contributed by atoms with Crippen LogP contribution in [0.1, 0.15) is 24.8 Å². The van der Waals surface area contributed by atoms with Crippen molar-refractivity contribution in [3.8, 4) is 17.4 Å². The molecule has 2 saturated heterocycles. The number of hydrogen-bond acceptors (Lipinski definition) is 8. The Kier molecular flexibility index (Phi) is 7.93. The Bertz CT molecular complexity index is 1470. The summed E-state index contributed by atoms with van der Waals surface area (Å²) in [4.78, 5) is 24.1. The van der Waals surface area contributed by atoms with Gasteiger partial charge in [0.2, 0.25) is 11.8 Å². The van der Waals surface area contributed by atoms with Crippen molar-refractivity contribution in [2.75, 3.05) is 67.3 Å². The van der Waals surface area contributed by atoms with Gasteiger partial charge in [0, 0.05) is 62.3 Å². The number of hydrogen-bond donors (Lipinski definition) is 2. The van der Waals surface area contributed by atoms with Crippen LogP contribution in [0.3, 0.4) is 0 Å². The van der Waals surface area contributed by atoms with Gasteiger partial charge in [0.05, 0.1) is 12.8 Å². The number of carbonyl (C=O) groups is 1. The van der Waals surface area contributed by atoms with Crippen LogP contribution in [0.15, 0.2) is 61.2 Å². The zero-order valence-corrected chi connectivity index (χ0v) is 24.7. The number of anilines is 5. The minimum Gasteiger partial charge on any atom is -0.494 e. The van der Waals surface area contributed by atoms with Gasteiger partial charge in [-0.1, -0.05) is 12.6 Å². The number of benzene rings is 2. The molecule has 42 heavy (non-hydrogen) atoms. The van der Waals surface area contributed by atoms with Crippen LogP contribution in [0.25, 0.3) is 0 Å². The van der Waals surface area contributed by atoms with E-state index in [4.69, 9.17) is 14.5 Å². The number of fused-ring (bicyclic) bond motifs is 2. The van der Waals surface area contributed by atoms with Gasteiger partial charge in [-0.15, -0.1) is 0 Å². The molecule has 9 nitrogen and oxygen atoms in total. The highest BCUT2D eigenvalue weighted by Crippen LogP contribution is 2.44. The fourth-order valence-corrected chi connectivity index (χ4v) is 6.29. The average molecular weight is 569 g/mol. The van der Waals surface area contributed by atoms with Gasteiger partial charge in [0.1, 0.15) is 23.0 Å². The summed E-state index contributed by atoms with van der Waals surface area (Å²) in [6, 6.07) is 16.6. The molecule has 0 spiro atoms. The first-order valence-corrected chi connectivity index (χ1v) is 14.8. The minimum absolute atomic E-state index is 0.263. The molecular weight excluding hydrogens is 528 g/mol. The van der Waals surface area contributed by atoms with E-state index < -0.39 is 0 Å². The maximum Gasteiger partial charge on any atom is 0.247 e. The first kappa shape index (κ1) is 27.9. The number of rotatable bonds is 9. The largest absolute Gasteiger partial charge is 0.494 e. The lowest BCUT2D eigenvalue weighted by atomic mass is 10.1. The van der Waals surface area contributed by atoms with Crippen molar-refractivity contribution in [2.24, 2.45) is 5.92 Å². The van der Waals surface area contributed by atoms with Gasteiger partial charge in [-0.3, -0.25) is 4.79 Å². The van der Waals surface area contributed by atoms with Crippen molar-refractivity contribution in [1.29, 1.82) is 0 Å². The summed E-state index contributed by atoms with van der Waals surface area (Å²) in [5.41, 5.74) is 4.60. The summed E-state index contributed by atoms with van der Waals surface area (Å²) in [5.74, 6) is 3.02. The van der Waals surface area contributed by atoms with Crippen LogP contribution in [0.5, 0.6) is 17.4 Å². The van der Waals surface area contributed by atoms with E-state index in [0.29, 0.717) is 29.2 Å². The molecule has 1 aromatic heterocycles. The molecule has 9 heteroatoms. The number of amides is 1. The number of nitrogens with one attached hydrogen (secondary N) is 2. The van der Waals surface area contributed by atoms with Gasteiger partial charge in [-0.25, -0.2) is 0 Å². The third-order valence-corrected chi connectivity index (χ3v) is 8.74. The van der Waals surface area contributed by atoms with Crippen LogP contribution in [0.2, 0.25) is 0 Å². The Balaban J connectivity index is 1.28. The number of nitrogens with zero attached hydrogens (tertiary/aromatic N) is 4. The molecule has 6 rings (SSSR count). The Hall–Kier alpha value is -4.24. The number of likely N-dealkylation sites (N-methyl/N-ethyl adjacent to an activating group) is 1. The van der Waals surface area contributed by atoms with Crippen molar-refractivity contribution in [1.82, 2.24) is 9.88 Å². The highest BCUT2D eigenvalue weighted by Gasteiger charge is 2.39. The Morgan fingerprint density at radius 3 is 2.60 bits per heavy atom. The molecule has 3 aliphatic rings. The van der Waals surface area contributed by atoms with Gasteiger partial charge in [0.25, 0.3) is 0 Å². The molecule has 2 N–H and O–H groups in total. The second kappa shape index (κ2) is 11.9. The predicted molar refractivity (Wildman–Crippen MR) is 169 cm³/mol. The first-order chi connectivity index (χ1) is 20.4. The second-order valence-corrected chi connectivity index (χ2v) is 11.6. The van der Waals surface area contributed by atoms with Crippen molar-refractivity contribution >= 4 is 34.5 Å². The van der Waals surface area contributed by atoms with E-state index in [1.165, 1.54) is 25.3 Å². The molecule has 1 amide bonds. The topological polar surface area (TPSA) is 82.2 Å². The summed E-state index contributed by atoms with van der Waals surface area (Å²) in [6.07, 6.45) is 4.97. The zero-order valence-electron chi connectivity index (χ0n) is 24.7. The van der Waals surface area contributed by atoms with Crippen molar-refractivity contribution in [3.63, 3.8) is 0 Å². The fourth-order valence-electron chi connectivity index (χ4n) is 6.29. The van der Waals surface area contributed by atoms with Crippen LogP contribution in [-0.4, -0.2) is 68.7 Å². The minimum atomic E-state index is -0.263. The normalized spacial score (nSPS) is 20.0. The Morgan fingerprint density at radius 1 is 1.05 bits per heavy atom. The molecule has 1 saturated carbocycles. The Morgan fingerprint density at radius 2 is 1.88 bits per heavy atom. The molecule has 3 aromatic rings.